The Morgan fingerprint density at radius 1 is 1.03 bits per heavy atom. The standard InChI is InChI=1S/C24H28N4O2S/c1-30-23(29)17-27-15-19-7-6-18(14-20(19)16-27)8-9-26-10-12-28(13-11-26)24-21-4-2-3-5-22(21)31-25-24/h2-7,14H,8-13,15-17H2,1H3. The van der Waals surface area contributed by atoms with Crippen LogP contribution in [0.15, 0.2) is 42.5 Å². The van der Waals surface area contributed by atoms with E-state index in [-0.39, 0.29) is 5.97 Å². The minimum atomic E-state index is -0.169. The molecule has 7 heteroatoms. The van der Waals surface area contributed by atoms with E-state index in [9.17, 15) is 4.79 Å². The van der Waals surface area contributed by atoms with Crippen molar-refractivity contribution in [2.45, 2.75) is 19.5 Å². The number of methoxy groups -OCH3 is 1. The summed E-state index contributed by atoms with van der Waals surface area (Å²) in [6.45, 7) is 7.31. The summed E-state index contributed by atoms with van der Waals surface area (Å²) >= 11 is 1.60. The Labute approximate surface area is 187 Å². The summed E-state index contributed by atoms with van der Waals surface area (Å²) in [5.74, 6) is 0.980. The number of esters is 1. The highest BCUT2D eigenvalue weighted by molar-refractivity contribution is 7.13. The van der Waals surface area contributed by atoms with Gasteiger partial charge in [-0.25, -0.2) is 0 Å². The topological polar surface area (TPSA) is 48.9 Å². The lowest BCUT2D eigenvalue weighted by Gasteiger charge is -2.35. The van der Waals surface area contributed by atoms with E-state index >= 15 is 0 Å². The van der Waals surface area contributed by atoms with Crippen LogP contribution in [-0.4, -0.2) is 66.5 Å². The predicted molar refractivity (Wildman–Crippen MR) is 125 cm³/mol. The molecule has 6 nitrogen and oxygen atoms in total. The number of ether oxygens (including phenoxy) is 1. The maximum Gasteiger partial charge on any atom is 0.319 e. The monoisotopic (exact) mass is 436 g/mol. The Morgan fingerprint density at radius 3 is 2.68 bits per heavy atom. The number of carbonyl (C=O) groups is 1. The average Bonchev–Trinajstić information content (AvgIpc) is 3.41. The Morgan fingerprint density at radius 2 is 1.84 bits per heavy atom. The second kappa shape index (κ2) is 8.94. The van der Waals surface area contributed by atoms with Gasteiger partial charge in [0.1, 0.15) is 5.82 Å². The van der Waals surface area contributed by atoms with Gasteiger partial charge in [0, 0.05) is 51.2 Å². The van der Waals surface area contributed by atoms with Gasteiger partial charge in [-0.1, -0.05) is 30.3 Å². The van der Waals surface area contributed by atoms with E-state index in [1.807, 2.05) is 0 Å². The fourth-order valence-corrected chi connectivity index (χ4v) is 5.40. The maximum absolute atomic E-state index is 11.5. The molecule has 0 bridgehead atoms. The van der Waals surface area contributed by atoms with E-state index in [2.05, 4.69) is 57.2 Å². The van der Waals surface area contributed by atoms with Gasteiger partial charge in [0.2, 0.25) is 0 Å². The normalized spacial score (nSPS) is 17.3. The Kier molecular flexibility index (Phi) is 5.89. The molecule has 3 aromatic rings. The highest BCUT2D eigenvalue weighted by Gasteiger charge is 2.23. The summed E-state index contributed by atoms with van der Waals surface area (Å²) in [4.78, 5) is 18.7. The van der Waals surface area contributed by atoms with Crippen LogP contribution in [0, 0.1) is 0 Å². The zero-order chi connectivity index (χ0) is 21.2. The van der Waals surface area contributed by atoms with Crippen LogP contribution in [0.2, 0.25) is 0 Å². The summed E-state index contributed by atoms with van der Waals surface area (Å²) in [5, 5.41) is 1.28. The Balaban J connectivity index is 1.13. The molecular weight excluding hydrogens is 408 g/mol. The second-order valence-corrected chi connectivity index (χ2v) is 9.21. The first-order valence-corrected chi connectivity index (χ1v) is 11.7. The van der Waals surface area contributed by atoms with Gasteiger partial charge in [0.15, 0.2) is 0 Å². The van der Waals surface area contributed by atoms with Crippen LogP contribution in [0.1, 0.15) is 16.7 Å². The summed E-state index contributed by atoms with van der Waals surface area (Å²) in [6, 6.07) is 15.3. The number of hydrogen-bond acceptors (Lipinski definition) is 7. The molecule has 2 aromatic carbocycles. The molecule has 0 atom stereocenters. The van der Waals surface area contributed by atoms with Crippen molar-refractivity contribution in [3.05, 3.63) is 59.2 Å². The van der Waals surface area contributed by atoms with E-state index < -0.39 is 0 Å². The zero-order valence-electron chi connectivity index (χ0n) is 17.9. The van der Waals surface area contributed by atoms with Gasteiger partial charge in [-0.3, -0.25) is 14.6 Å². The number of hydrogen-bond donors (Lipinski definition) is 0. The SMILES string of the molecule is COC(=O)CN1Cc2ccc(CCN3CCN(c4nsc5ccccc45)CC3)cc2C1. The minimum absolute atomic E-state index is 0.169. The minimum Gasteiger partial charge on any atom is -0.468 e. The van der Waals surface area contributed by atoms with Crippen LogP contribution in [-0.2, 0) is 29.0 Å². The van der Waals surface area contributed by atoms with Gasteiger partial charge in [0.05, 0.1) is 18.4 Å². The molecular formula is C24H28N4O2S. The second-order valence-electron chi connectivity index (χ2n) is 8.41. The Bertz CT molecular complexity index is 1070. The van der Waals surface area contributed by atoms with Crippen LogP contribution in [0.3, 0.4) is 0 Å². The van der Waals surface area contributed by atoms with Crippen molar-refractivity contribution in [2.75, 3.05) is 51.3 Å². The Hall–Kier alpha value is -2.48. The van der Waals surface area contributed by atoms with E-state index in [0.717, 1.165) is 58.1 Å². The highest BCUT2D eigenvalue weighted by atomic mass is 32.1. The molecule has 162 valence electrons. The third-order valence-corrected chi connectivity index (χ3v) is 7.20. The third-order valence-electron chi connectivity index (χ3n) is 6.39. The molecule has 1 fully saturated rings. The molecule has 0 amide bonds. The average molecular weight is 437 g/mol. The number of aromatic nitrogens is 1. The fraction of sp³-hybridized carbons (Fsp3) is 0.417. The van der Waals surface area contributed by atoms with Gasteiger partial charge in [0.25, 0.3) is 0 Å². The van der Waals surface area contributed by atoms with Crippen LogP contribution in [0.5, 0.6) is 0 Å². The first-order valence-electron chi connectivity index (χ1n) is 10.9. The van der Waals surface area contributed by atoms with Gasteiger partial charge >= 0.3 is 5.97 Å². The van der Waals surface area contributed by atoms with Crippen molar-refractivity contribution in [3.63, 3.8) is 0 Å². The maximum atomic E-state index is 11.5. The smallest absolute Gasteiger partial charge is 0.319 e. The van der Waals surface area contributed by atoms with E-state index in [4.69, 9.17) is 9.11 Å². The number of anilines is 1. The van der Waals surface area contributed by atoms with Crippen molar-refractivity contribution in [1.82, 2.24) is 14.2 Å². The molecule has 1 aromatic heterocycles. The summed E-state index contributed by atoms with van der Waals surface area (Å²) < 4.78 is 10.8. The van der Waals surface area contributed by atoms with Gasteiger partial charge in [-0.15, -0.1) is 0 Å². The lowest BCUT2D eigenvalue weighted by atomic mass is 10.0. The van der Waals surface area contributed by atoms with E-state index in [1.165, 1.54) is 33.9 Å². The lowest BCUT2D eigenvalue weighted by Crippen LogP contribution is -2.47. The molecule has 2 aliphatic heterocycles. The number of benzene rings is 2. The van der Waals surface area contributed by atoms with Crippen molar-refractivity contribution in [1.29, 1.82) is 0 Å². The first-order chi connectivity index (χ1) is 15.2. The molecule has 31 heavy (non-hydrogen) atoms. The van der Waals surface area contributed by atoms with Gasteiger partial charge in [-0.2, -0.15) is 4.37 Å². The lowest BCUT2D eigenvalue weighted by molar-refractivity contribution is -0.142. The highest BCUT2D eigenvalue weighted by Crippen LogP contribution is 2.30. The molecule has 0 unspecified atom stereocenters. The van der Waals surface area contributed by atoms with Crippen LogP contribution < -0.4 is 4.90 Å². The fourth-order valence-electron chi connectivity index (χ4n) is 4.60. The summed E-state index contributed by atoms with van der Waals surface area (Å²) in [7, 11) is 1.45. The van der Waals surface area contributed by atoms with Crippen molar-refractivity contribution in [3.8, 4) is 0 Å². The van der Waals surface area contributed by atoms with Crippen molar-refractivity contribution in [2.24, 2.45) is 0 Å². The molecule has 2 aliphatic rings. The first kappa shape index (κ1) is 20.4. The third kappa shape index (κ3) is 4.44. The van der Waals surface area contributed by atoms with Crippen LogP contribution >= 0.6 is 11.5 Å². The zero-order valence-corrected chi connectivity index (χ0v) is 18.7. The summed E-state index contributed by atoms with van der Waals surface area (Å²) in [5.41, 5.74) is 4.06. The molecule has 5 rings (SSSR count). The number of carbonyl (C=O) groups excluding carboxylic acids is 1. The van der Waals surface area contributed by atoms with Crippen molar-refractivity contribution < 1.29 is 9.53 Å². The molecule has 0 aliphatic carbocycles. The van der Waals surface area contributed by atoms with Gasteiger partial charge in [-0.05, 0) is 46.8 Å². The summed E-state index contributed by atoms with van der Waals surface area (Å²) in [6.07, 6.45) is 1.06. The molecule has 3 heterocycles. The van der Waals surface area contributed by atoms with Crippen LogP contribution in [0.4, 0.5) is 5.82 Å². The largest absolute Gasteiger partial charge is 0.468 e. The number of nitrogens with zero attached hydrogens (tertiary/aromatic N) is 4. The quantitative estimate of drug-likeness (QED) is 0.554. The van der Waals surface area contributed by atoms with E-state index in [0.29, 0.717) is 6.54 Å². The van der Waals surface area contributed by atoms with Gasteiger partial charge < -0.3 is 9.64 Å². The van der Waals surface area contributed by atoms with Crippen molar-refractivity contribution >= 4 is 33.4 Å². The number of piperazine rings is 1. The molecule has 1 saturated heterocycles. The molecule has 0 spiro atoms. The number of fused-ring (bicyclic) bond motifs is 2. The van der Waals surface area contributed by atoms with Crippen LogP contribution in [0.25, 0.3) is 10.1 Å². The molecule has 0 radical (unpaired) electrons. The molecule has 0 saturated carbocycles. The van der Waals surface area contributed by atoms with E-state index in [1.54, 1.807) is 11.5 Å². The molecule has 0 N–H and O–H groups in total. The number of rotatable bonds is 6. The predicted octanol–water partition coefficient (Wildman–Crippen LogP) is 3.15.